The van der Waals surface area contributed by atoms with Gasteiger partial charge in [0, 0.05) is 32.3 Å². The van der Waals surface area contributed by atoms with Crippen molar-refractivity contribution in [2.45, 2.75) is 24.8 Å². The number of amides is 2. The van der Waals surface area contributed by atoms with E-state index < -0.39 is 33.5 Å². The van der Waals surface area contributed by atoms with Crippen molar-refractivity contribution in [1.82, 2.24) is 9.62 Å². The maximum atomic E-state index is 13.8. The maximum Gasteiger partial charge on any atom is 0.264 e. The molecule has 1 heterocycles. The third kappa shape index (κ3) is 4.65. The minimum absolute atomic E-state index is 0.0564. The third-order valence-corrected chi connectivity index (χ3v) is 7.57. The molecule has 2 amide bonds. The molecular weight excluding hydrogens is 470 g/mol. The first kappa shape index (κ1) is 24.1. The number of hydrogen-bond donors (Lipinski definition) is 2. The Bertz CT molecular complexity index is 1380. The van der Waals surface area contributed by atoms with Crippen LogP contribution in [0, 0.1) is 5.92 Å². The number of rotatable bonds is 6. The van der Waals surface area contributed by atoms with Gasteiger partial charge in [-0.15, -0.1) is 0 Å². The van der Waals surface area contributed by atoms with E-state index in [1.54, 1.807) is 30.3 Å². The first-order valence-electron chi connectivity index (χ1n) is 10.8. The monoisotopic (exact) mass is 493 g/mol. The van der Waals surface area contributed by atoms with Crippen LogP contribution in [0.2, 0.25) is 0 Å². The van der Waals surface area contributed by atoms with E-state index in [2.05, 4.69) is 10.6 Å². The number of ketones is 2. The fourth-order valence-corrected chi connectivity index (χ4v) is 5.81. The highest BCUT2D eigenvalue weighted by Crippen LogP contribution is 2.44. The summed E-state index contributed by atoms with van der Waals surface area (Å²) in [6.07, 6.45) is 2.50. The SMILES string of the molecule is CC(=O)NCC1=CC(=O)C(=O)C2C(c3ccccc3)=CN(S(=O)(=O)c3ccc(NC(C)=O)cc3)C12. The summed E-state index contributed by atoms with van der Waals surface area (Å²) in [4.78, 5) is 48.4. The number of Topliss-reactive ketones (excluding diaryl/α,β-unsaturated/α-hetero) is 1. The van der Waals surface area contributed by atoms with Crippen LogP contribution in [0.4, 0.5) is 5.69 Å². The quantitative estimate of drug-likeness (QED) is 0.591. The molecule has 1 aliphatic heterocycles. The molecule has 2 unspecified atom stereocenters. The molecule has 2 atom stereocenters. The maximum absolute atomic E-state index is 13.8. The van der Waals surface area contributed by atoms with Gasteiger partial charge in [0.15, 0.2) is 0 Å². The molecule has 0 saturated heterocycles. The van der Waals surface area contributed by atoms with Crippen molar-refractivity contribution in [2.24, 2.45) is 5.92 Å². The molecule has 9 nitrogen and oxygen atoms in total. The largest absolute Gasteiger partial charge is 0.353 e. The fourth-order valence-electron chi connectivity index (χ4n) is 4.28. The molecular formula is C25H23N3O6S. The van der Waals surface area contributed by atoms with Crippen LogP contribution in [0.15, 0.2) is 77.3 Å². The molecule has 10 heteroatoms. The van der Waals surface area contributed by atoms with Gasteiger partial charge in [-0.05, 0) is 47.1 Å². The Kier molecular flexibility index (Phi) is 6.40. The Morgan fingerprint density at radius 2 is 1.60 bits per heavy atom. The summed E-state index contributed by atoms with van der Waals surface area (Å²) in [5.74, 6) is -3.16. The predicted octanol–water partition coefficient (Wildman–Crippen LogP) is 1.89. The molecule has 4 rings (SSSR count). The second kappa shape index (κ2) is 9.30. The lowest BCUT2D eigenvalue weighted by Gasteiger charge is -2.33. The number of carbonyl (C=O) groups excluding carboxylic acids is 4. The molecule has 0 aromatic heterocycles. The zero-order chi connectivity index (χ0) is 25.3. The lowest BCUT2D eigenvalue weighted by Crippen LogP contribution is -2.47. The van der Waals surface area contributed by atoms with Crippen LogP contribution in [-0.2, 0) is 29.2 Å². The van der Waals surface area contributed by atoms with Gasteiger partial charge in [0.2, 0.25) is 23.4 Å². The third-order valence-electron chi connectivity index (χ3n) is 5.81. The van der Waals surface area contributed by atoms with E-state index in [0.717, 1.165) is 10.4 Å². The number of anilines is 1. The lowest BCUT2D eigenvalue weighted by atomic mass is 9.78. The van der Waals surface area contributed by atoms with Crippen molar-refractivity contribution in [3.63, 3.8) is 0 Å². The Morgan fingerprint density at radius 1 is 0.943 bits per heavy atom. The molecule has 0 spiro atoms. The number of fused-ring (bicyclic) bond motifs is 1. The van der Waals surface area contributed by atoms with Crippen molar-refractivity contribution >= 4 is 44.7 Å². The molecule has 0 bridgehead atoms. The minimum Gasteiger partial charge on any atom is -0.353 e. The Morgan fingerprint density at radius 3 is 2.20 bits per heavy atom. The molecule has 0 fully saturated rings. The van der Waals surface area contributed by atoms with Gasteiger partial charge >= 0.3 is 0 Å². The first-order chi connectivity index (χ1) is 16.6. The topological polar surface area (TPSA) is 130 Å². The van der Waals surface area contributed by atoms with Crippen LogP contribution in [0.5, 0.6) is 0 Å². The van der Waals surface area contributed by atoms with Crippen molar-refractivity contribution in [3.05, 3.63) is 78.0 Å². The normalized spacial score (nSPS) is 19.5. The van der Waals surface area contributed by atoms with E-state index >= 15 is 0 Å². The van der Waals surface area contributed by atoms with Crippen LogP contribution in [-0.4, -0.2) is 48.7 Å². The van der Waals surface area contributed by atoms with Crippen LogP contribution in [0.1, 0.15) is 19.4 Å². The van der Waals surface area contributed by atoms with Crippen molar-refractivity contribution in [2.75, 3.05) is 11.9 Å². The Balaban J connectivity index is 1.82. The van der Waals surface area contributed by atoms with Gasteiger partial charge in [0.1, 0.15) is 0 Å². The van der Waals surface area contributed by atoms with Crippen molar-refractivity contribution in [3.8, 4) is 0 Å². The van der Waals surface area contributed by atoms with Gasteiger partial charge in [0.05, 0.1) is 16.9 Å². The van der Waals surface area contributed by atoms with Crippen LogP contribution in [0.3, 0.4) is 0 Å². The Labute approximate surface area is 202 Å². The molecule has 0 radical (unpaired) electrons. The second-order valence-electron chi connectivity index (χ2n) is 8.27. The summed E-state index contributed by atoms with van der Waals surface area (Å²) < 4.78 is 28.6. The van der Waals surface area contributed by atoms with Gasteiger partial charge in [-0.3, -0.25) is 23.5 Å². The molecule has 1 aliphatic carbocycles. The average Bonchev–Trinajstić information content (AvgIpc) is 3.23. The van der Waals surface area contributed by atoms with Gasteiger partial charge in [0.25, 0.3) is 10.0 Å². The predicted molar refractivity (Wildman–Crippen MR) is 128 cm³/mol. The van der Waals surface area contributed by atoms with Gasteiger partial charge < -0.3 is 10.6 Å². The summed E-state index contributed by atoms with van der Waals surface area (Å²) >= 11 is 0. The van der Waals surface area contributed by atoms with Crippen LogP contribution in [0.25, 0.3) is 5.57 Å². The number of nitrogens with one attached hydrogen (secondary N) is 2. The summed E-state index contributed by atoms with van der Waals surface area (Å²) in [7, 11) is -4.18. The van der Waals surface area contributed by atoms with Gasteiger partial charge in [-0.1, -0.05) is 30.3 Å². The zero-order valence-corrected chi connectivity index (χ0v) is 19.8. The van der Waals surface area contributed by atoms with Crippen LogP contribution < -0.4 is 10.6 Å². The average molecular weight is 494 g/mol. The van der Waals surface area contributed by atoms with Crippen LogP contribution >= 0.6 is 0 Å². The van der Waals surface area contributed by atoms with E-state index in [-0.39, 0.29) is 23.3 Å². The first-order valence-corrected chi connectivity index (χ1v) is 12.2. The molecule has 35 heavy (non-hydrogen) atoms. The molecule has 180 valence electrons. The molecule has 2 aliphatic rings. The number of hydrogen-bond acceptors (Lipinski definition) is 6. The highest BCUT2D eigenvalue weighted by molar-refractivity contribution is 7.89. The van der Waals surface area contributed by atoms with Gasteiger partial charge in [-0.25, -0.2) is 8.42 Å². The number of benzene rings is 2. The number of carbonyl (C=O) groups is 4. The Hall–Kier alpha value is -4.05. The zero-order valence-electron chi connectivity index (χ0n) is 19.0. The second-order valence-corrected chi connectivity index (χ2v) is 10.1. The lowest BCUT2D eigenvalue weighted by molar-refractivity contribution is -0.136. The summed E-state index contributed by atoms with van der Waals surface area (Å²) in [5.41, 5.74) is 1.76. The summed E-state index contributed by atoms with van der Waals surface area (Å²) in [6, 6.07) is 13.4. The van der Waals surface area contributed by atoms with E-state index in [1.165, 1.54) is 44.3 Å². The van der Waals surface area contributed by atoms with E-state index in [1.807, 2.05) is 0 Å². The summed E-state index contributed by atoms with van der Waals surface area (Å²) in [5, 5.41) is 5.18. The van der Waals surface area contributed by atoms with Crippen molar-refractivity contribution < 1.29 is 27.6 Å². The molecule has 2 aromatic rings. The number of allylic oxidation sites excluding steroid dienone is 1. The van der Waals surface area contributed by atoms with E-state index in [0.29, 0.717) is 22.4 Å². The van der Waals surface area contributed by atoms with E-state index in [9.17, 15) is 27.6 Å². The standard InChI is InChI=1S/C25H23N3O6S/c1-15(29)26-13-18-12-22(31)25(32)23-21(17-6-4-3-5-7-17)14-28(24(18)23)35(33,34)20-10-8-19(9-11-20)27-16(2)30/h3-12,14,23-24H,13H2,1-2H3,(H,26,29)(H,27,30). The summed E-state index contributed by atoms with van der Waals surface area (Å²) in [6.45, 7) is 2.56. The van der Waals surface area contributed by atoms with E-state index in [4.69, 9.17) is 0 Å². The van der Waals surface area contributed by atoms with Crippen molar-refractivity contribution in [1.29, 1.82) is 0 Å². The molecule has 2 N–H and O–H groups in total. The highest BCUT2D eigenvalue weighted by atomic mass is 32.2. The van der Waals surface area contributed by atoms with Gasteiger partial charge in [-0.2, -0.15) is 0 Å². The smallest absolute Gasteiger partial charge is 0.264 e. The molecule has 0 saturated carbocycles. The number of sulfonamides is 1. The molecule has 2 aromatic carbocycles. The highest BCUT2D eigenvalue weighted by Gasteiger charge is 2.50. The number of nitrogens with zero attached hydrogens (tertiary/aromatic N) is 1. The fraction of sp³-hybridized carbons (Fsp3) is 0.200. The minimum atomic E-state index is -4.18.